The van der Waals surface area contributed by atoms with E-state index in [1.165, 1.54) is 11.1 Å². The van der Waals surface area contributed by atoms with Crippen LogP contribution in [0.3, 0.4) is 0 Å². The van der Waals surface area contributed by atoms with E-state index in [-0.39, 0.29) is 6.04 Å². The fourth-order valence-electron chi connectivity index (χ4n) is 1.66. The van der Waals surface area contributed by atoms with Crippen LogP contribution in [0.5, 0.6) is 0 Å². The van der Waals surface area contributed by atoms with Crippen molar-refractivity contribution in [2.45, 2.75) is 18.9 Å². The third kappa shape index (κ3) is 1.28. The Bertz CT molecular complexity index is 325. The molecule has 0 amide bonds. The normalized spacial score (nSPS) is 21.1. The Balaban J connectivity index is 2.54. The first kappa shape index (κ1) is 8.54. The fourth-order valence-corrected chi connectivity index (χ4v) is 2.39. The third-order valence-electron chi connectivity index (χ3n) is 2.24. The predicted octanol–water partition coefficient (Wildman–Crippen LogP) is 2.53. The van der Waals surface area contributed by atoms with Crippen LogP contribution in [0.25, 0.3) is 0 Å². The smallest absolute Gasteiger partial charge is 0.0551 e. The van der Waals surface area contributed by atoms with E-state index in [4.69, 9.17) is 17.3 Å². The molecule has 3 heteroatoms. The van der Waals surface area contributed by atoms with Crippen LogP contribution in [-0.4, -0.2) is 6.04 Å². The van der Waals surface area contributed by atoms with Gasteiger partial charge in [0.2, 0.25) is 0 Å². The molecule has 0 spiro atoms. The van der Waals surface area contributed by atoms with Crippen molar-refractivity contribution >= 4 is 27.5 Å². The minimum Gasteiger partial charge on any atom is -0.327 e. The van der Waals surface area contributed by atoms with Crippen molar-refractivity contribution in [2.75, 3.05) is 0 Å². The molecule has 12 heavy (non-hydrogen) atoms. The van der Waals surface area contributed by atoms with Crippen molar-refractivity contribution < 1.29 is 0 Å². The van der Waals surface area contributed by atoms with Gasteiger partial charge in [0.15, 0.2) is 0 Å². The second-order valence-corrected chi connectivity index (χ2v) is 4.37. The van der Waals surface area contributed by atoms with Crippen LogP contribution in [0.4, 0.5) is 0 Å². The van der Waals surface area contributed by atoms with Gasteiger partial charge in [-0.1, -0.05) is 17.7 Å². The topological polar surface area (TPSA) is 26.0 Å². The number of halogens is 2. The molecule has 1 nitrogen and oxygen atoms in total. The van der Waals surface area contributed by atoms with Gasteiger partial charge in [0.25, 0.3) is 0 Å². The molecule has 1 aliphatic carbocycles. The number of benzene rings is 1. The van der Waals surface area contributed by atoms with Crippen molar-refractivity contribution in [3.8, 4) is 0 Å². The van der Waals surface area contributed by atoms with Gasteiger partial charge in [0.05, 0.1) is 5.02 Å². The van der Waals surface area contributed by atoms with Crippen LogP contribution in [0, 0.1) is 0 Å². The summed E-state index contributed by atoms with van der Waals surface area (Å²) in [7, 11) is 0. The molecule has 0 heterocycles. The predicted molar refractivity (Wildman–Crippen MR) is 54.5 cm³/mol. The van der Waals surface area contributed by atoms with Gasteiger partial charge in [-0.15, -0.1) is 0 Å². The lowest BCUT2D eigenvalue weighted by atomic mass is 10.1. The maximum absolute atomic E-state index is 5.95. The average molecular weight is 247 g/mol. The standard InChI is InChI=1S/C9H9BrClN/c10-9-7-4-6(12)3-5(7)1-2-8(9)11/h1-2,6H,3-4,12H2. The van der Waals surface area contributed by atoms with Gasteiger partial charge in [-0.2, -0.15) is 0 Å². The molecule has 64 valence electrons. The summed E-state index contributed by atoms with van der Waals surface area (Å²) in [6, 6.07) is 4.26. The van der Waals surface area contributed by atoms with Gasteiger partial charge in [-0.05, 0) is 46.0 Å². The number of fused-ring (bicyclic) bond motifs is 1. The summed E-state index contributed by atoms with van der Waals surface area (Å²) >= 11 is 9.42. The van der Waals surface area contributed by atoms with Gasteiger partial charge in [0.1, 0.15) is 0 Å². The summed E-state index contributed by atoms with van der Waals surface area (Å²) in [4.78, 5) is 0. The van der Waals surface area contributed by atoms with Crippen LogP contribution in [0.15, 0.2) is 16.6 Å². The van der Waals surface area contributed by atoms with E-state index < -0.39 is 0 Å². The lowest BCUT2D eigenvalue weighted by molar-refractivity contribution is 0.720. The highest BCUT2D eigenvalue weighted by molar-refractivity contribution is 9.10. The molecule has 0 aromatic heterocycles. The van der Waals surface area contributed by atoms with Gasteiger partial charge >= 0.3 is 0 Å². The highest BCUT2D eigenvalue weighted by Crippen LogP contribution is 2.33. The Hall–Kier alpha value is -0.0500. The van der Waals surface area contributed by atoms with E-state index in [2.05, 4.69) is 22.0 Å². The largest absolute Gasteiger partial charge is 0.327 e. The first-order valence-corrected chi connectivity index (χ1v) is 5.07. The van der Waals surface area contributed by atoms with E-state index in [9.17, 15) is 0 Å². The summed E-state index contributed by atoms with van der Waals surface area (Å²) in [5.74, 6) is 0. The Kier molecular flexibility index (Phi) is 2.15. The van der Waals surface area contributed by atoms with E-state index >= 15 is 0 Å². The van der Waals surface area contributed by atoms with Gasteiger partial charge in [0, 0.05) is 10.5 Å². The van der Waals surface area contributed by atoms with Crippen molar-refractivity contribution in [1.82, 2.24) is 0 Å². The van der Waals surface area contributed by atoms with Crippen LogP contribution in [-0.2, 0) is 12.8 Å². The molecule has 0 radical (unpaired) electrons. The molecule has 0 aliphatic heterocycles. The molecular weight excluding hydrogens is 237 g/mol. The summed E-state index contributed by atoms with van der Waals surface area (Å²) in [5.41, 5.74) is 8.46. The van der Waals surface area contributed by atoms with Crippen LogP contribution < -0.4 is 5.73 Å². The summed E-state index contributed by atoms with van der Waals surface area (Å²) < 4.78 is 1.02. The molecule has 1 aromatic carbocycles. The Morgan fingerprint density at radius 2 is 2.17 bits per heavy atom. The highest BCUT2D eigenvalue weighted by atomic mass is 79.9. The molecular formula is C9H9BrClN. The lowest BCUT2D eigenvalue weighted by Gasteiger charge is -2.02. The number of hydrogen-bond acceptors (Lipinski definition) is 1. The zero-order chi connectivity index (χ0) is 8.72. The minimum absolute atomic E-state index is 0.273. The van der Waals surface area contributed by atoms with Crippen LogP contribution in [0.2, 0.25) is 5.02 Å². The van der Waals surface area contributed by atoms with Crippen molar-refractivity contribution in [1.29, 1.82) is 0 Å². The first-order valence-electron chi connectivity index (χ1n) is 3.90. The van der Waals surface area contributed by atoms with Crippen molar-refractivity contribution in [2.24, 2.45) is 5.73 Å². The summed E-state index contributed by atoms with van der Waals surface area (Å²) in [6.07, 6.45) is 1.92. The Morgan fingerprint density at radius 1 is 1.42 bits per heavy atom. The Morgan fingerprint density at radius 3 is 2.92 bits per heavy atom. The lowest BCUT2D eigenvalue weighted by Crippen LogP contribution is -2.19. The van der Waals surface area contributed by atoms with E-state index in [0.717, 1.165) is 22.3 Å². The molecule has 2 rings (SSSR count). The van der Waals surface area contributed by atoms with Crippen molar-refractivity contribution in [3.05, 3.63) is 32.8 Å². The second kappa shape index (κ2) is 3.02. The zero-order valence-corrected chi connectivity index (χ0v) is 8.82. The molecule has 0 fully saturated rings. The Labute approximate surface area is 85.0 Å². The van der Waals surface area contributed by atoms with E-state index in [1.807, 2.05) is 6.07 Å². The van der Waals surface area contributed by atoms with E-state index in [0.29, 0.717) is 0 Å². The number of nitrogens with two attached hydrogens (primary N) is 1. The van der Waals surface area contributed by atoms with Crippen LogP contribution >= 0.6 is 27.5 Å². The molecule has 0 saturated heterocycles. The van der Waals surface area contributed by atoms with Crippen molar-refractivity contribution in [3.63, 3.8) is 0 Å². The first-order chi connectivity index (χ1) is 5.68. The van der Waals surface area contributed by atoms with E-state index in [1.54, 1.807) is 0 Å². The monoisotopic (exact) mass is 245 g/mol. The number of rotatable bonds is 0. The minimum atomic E-state index is 0.273. The average Bonchev–Trinajstić information content (AvgIpc) is 2.39. The zero-order valence-electron chi connectivity index (χ0n) is 6.48. The highest BCUT2D eigenvalue weighted by Gasteiger charge is 2.21. The molecule has 1 aromatic rings. The van der Waals surface area contributed by atoms with Gasteiger partial charge in [-0.3, -0.25) is 0 Å². The molecule has 1 unspecified atom stereocenters. The van der Waals surface area contributed by atoms with Gasteiger partial charge in [-0.25, -0.2) is 0 Å². The maximum Gasteiger partial charge on any atom is 0.0551 e. The summed E-state index contributed by atoms with van der Waals surface area (Å²) in [5, 5.41) is 0.780. The second-order valence-electron chi connectivity index (χ2n) is 3.17. The quantitative estimate of drug-likeness (QED) is 0.748. The molecule has 0 bridgehead atoms. The fraction of sp³-hybridized carbons (Fsp3) is 0.333. The SMILES string of the molecule is NC1Cc2ccc(Cl)c(Br)c2C1. The molecule has 1 aliphatic rings. The van der Waals surface area contributed by atoms with Crippen LogP contribution in [0.1, 0.15) is 11.1 Å². The van der Waals surface area contributed by atoms with Gasteiger partial charge < -0.3 is 5.73 Å². The maximum atomic E-state index is 5.95. The summed E-state index contributed by atoms with van der Waals surface area (Å²) in [6.45, 7) is 0. The molecule has 2 N–H and O–H groups in total. The third-order valence-corrected chi connectivity index (χ3v) is 3.69. The molecule has 0 saturated carbocycles. The molecule has 1 atom stereocenters. The number of hydrogen-bond donors (Lipinski definition) is 1.